The highest BCUT2D eigenvalue weighted by atomic mass is 14.7. The summed E-state index contributed by atoms with van der Waals surface area (Å²) in [6.45, 7) is 6.71. The molecule has 1 heteroatoms. The fourth-order valence-electron chi connectivity index (χ4n) is 2.98. The molecule has 1 heterocycles. The molecule has 0 amide bonds. The van der Waals surface area contributed by atoms with E-state index in [4.69, 9.17) is 4.98 Å². The second kappa shape index (κ2) is 4.99. The van der Waals surface area contributed by atoms with E-state index < -0.39 is 0 Å². The van der Waals surface area contributed by atoms with Crippen molar-refractivity contribution < 1.29 is 0 Å². The molecule has 1 aliphatic carbocycles. The zero-order valence-corrected chi connectivity index (χ0v) is 10.9. The molecule has 0 radical (unpaired) electrons. The molecule has 1 aromatic heterocycles. The van der Waals surface area contributed by atoms with Crippen molar-refractivity contribution in [2.75, 3.05) is 0 Å². The molecule has 0 saturated heterocycles. The molecule has 0 spiro atoms. The number of hydrogen-bond acceptors (Lipinski definition) is 1. The lowest BCUT2D eigenvalue weighted by molar-refractivity contribution is 0.828. The SMILES string of the molecule is CCCc1nc(C)c(CCC)c2c1CCC2. The number of aryl methyl sites for hydroxylation is 2. The zero-order valence-electron chi connectivity index (χ0n) is 10.9. The van der Waals surface area contributed by atoms with Gasteiger partial charge in [-0.1, -0.05) is 26.7 Å². The summed E-state index contributed by atoms with van der Waals surface area (Å²) in [5, 5.41) is 0. The van der Waals surface area contributed by atoms with Gasteiger partial charge in [-0.15, -0.1) is 0 Å². The van der Waals surface area contributed by atoms with Gasteiger partial charge in [-0.05, 0) is 55.7 Å². The first kappa shape index (κ1) is 11.6. The Balaban J connectivity index is 2.46. The van der Waals surface area contributed by atoms with Crippen LogP contribution in [0.1, 0.15) is 61.2 Å². The van der Waals surface area contributed by atoms with Crippen molar-refractivity contribution in [1.29, 1.82) is 0 Å². The topological polar surface area (TPSA) is 12.9 Å². The first-order chi connectivity index (χ1) is 7.77. The number of nitrogens with zero attached hydrogens (tertiary/aromatic N) is 1. The minimum absolute atomic E-state index is 1.16. The largest absolute Gasteiger partial charge is 0.258 e. The maximum absolute atomic E-state index is 4.85. The normalized spacial score (nSPS) is 14.2. The van der Waals surface area contributed by atoms with Crippen LogP contribution in [0.25, 0.3) is 0 Å². The number of pyridine rings is 1. The van der Waals surface area contributed by atoms with Crippen molar-refractivity contribution in [3.8, 4) is 0 Å². The van der Waals surface area contributed by atoms with Gasteiger partial charge in [-0.2, -0.15) is 0 Å². The van der Waals surface area contributed by atoms with Crippen LogP contribution in [0.15, 0.2) is 0 Å². The van der Waals surface area contributed by atoms with Crippen LogP contribution >= 0.6 is 0 Å². The third-order valence-corrected chi connectivity index (χ3v) is 3.66. The van der Waals surface area contributed by atoms with Crippen LogP contribution in [0.5, 0.6) is 0 Å². The van der Waals surface area contributed by atoms with Gasteiger partial charge in [0, 0.05) is 11.4 Å². The summed E-state index contributed by atoms with van der Waals surface area (Å²) in [7, 11) is 0. The van der Waals surface area contributed by atoms with Crippen LogP contribution in [0, 0.1) is 6.92 Å². The van der Waals surface area contributed by atoms with Crippen molar-refractivity contribution in [2.45, 2.75) is 65.7 Å². The van der Waals surface area contributed by atoms with E-state index in [0.29, 0.717) is 0 Å². The van der Waals surface area contributed by atoms with Gasteiger partial charge in [0.05, 0.1) is 0 Å². The van der Waals surface area contributed by atoms with Gasteiger partial charge in [0.15, 0.2) is 0 Å². The Kier molecular flexibility index (Phi) is 3.63. The standard InChI is InChI=1S/C15H23N/c1-4-7-12-11(3)16-15(8-5-2)14-10-6-9-13(12)14/h4-10H2,1-3H3. The van der Waals surface area contributed by atoms with E-state index in [1.54, 1.807) is 16.7 Å². The minimum atomic E-state index is 1.16. The summed E-state index contributed by atoms with van der Waals surface area (Å²) in [5.41, 5.74) is 7.53. The lowest BCUT2D eigenvalue weighted by atomic mass is 9.96. The average Bonchev–Trinajstić information content (AvgIpc) is 2.73. The smallest absolute Gasteiger partial charge is 0.0441 e. The van der Waals surface area contributed by atoms with Gasteiger partial charge < -0.3 is 0 Å². The Bertz CT molecular complexity index is 380. The number of rotatable bonds is 4. The monoisotopic (exact) mass is 217 g/mol. The maximum Gasteiger partial charge on any atom is 0.0441 e. The van der Waals surface area contributed by atoms with Crippen molar-refractivity contribution in [3.05, 3.63) is 28.1 Å². The molecule has 0 atom stereocenters. The quantitative estimate of drug-likeness (QED) is 0.748. The molecule has 2 rings (SSSR count). The predicted molar refractivity (Wildman–Crippen MR) is 69.0 cm³/mol. The van der Waals surface area contributed by atoms with Gasteiger partial charge in [0.2, 0.25) is 0 Å². The molecule has 0 aromatic carbocycles. The van der Waals surface area contributed by atoms with Gasteiger partial charge >= 0.3 is 0 Å². The minimum Gasteiger partial charge on any atom is -0.258 e. The summed E-state index contributed by atoms with van der Waals surface area (Å²) in [6, 6.07) is 0. The molecule has 1 nitrogen and oxygen atoms in total. The van der Waals surface area contributed by atoms with Gasteiger partial charge in [0.1, 0.15) is 0 Å². The van der Waals surface area contributed by atoms with E-state index in [-0.39, 0.29) is 0 Å². The second-order valence-electron chi connectivity index (χ2n) is 4.93. The Morgan fingerprint density at radius 2 is 1.69 bits per heavy atom. The van der Waals surface area contributed by atoms with Crippen LogP contribution in [0.2, 0.25) is 0 Å². The lowest BCUT2D eigenvalue weighted by Crippen LogP contribution is -2.05. The summed E-state index contributed by atoms with van der Waals surface area (Å²) in [5.74, 6) is 0. The maximum atomic E-state index is 4.85. The highest BCUT2D eigenvalue weighted by Crippen LogP contribution is 2.30. The summed E-state index contributed by atoms with van der Waals surface area (Å²) >= 11 is 0. The van der Waals surface area contributed by atoms with Crippen molar-refractivity contribution in [2.24, 2.45) is 0 Å². The Morgan fingerprint density at radius 3 is 2.38 bits per heavy atom. The van der Waals surface area contributed by atoms with Crippen LogP contribution in [0.4, 0.5) is 0 Å². The number of fused-ring (bicyclic) bond motifs is 1. The number of aromatic nitrogens is 1. The molecule has 0 bridgehead atoms. The van der Waals surface area contributed by atoms with E-state index in [1.807, 2.05) is 0 Å². The van der Waals surface area contributed by atoms with E-state index >= 15 is 0 Å². The second-order valence-corrected chi connectivity index (χ2v) is 4.93. The molecule has 0 aliphatic heterocycles. The van der Waals surface area contributed by atoms with Crippen LogP contribution in [-0.4, -0.2) is 4.98 Å². The lowest BCUT2D eigenvalue weighted by Gasteiger charge is -2.14. The van der Waals surface area contributed by atoms with Crippen molar-refractivity contribution >= 4 is 0 Å². The van der Waals surface area contributed by atoms with E-state index in [0.717, 1.165) is 6.42 Å². The molecule has 0 N–H and O–H groups in total. The molecule has 0 unspecified atom stereocenters. The van der Waals surface area contributed by atoms with Crippen LogP contribution in [-0.2, 0) is 25.7 Å². The molecular weight excluding hydrogens is 194 g/mol. The van der Waals surface area contributed by atoms with Gasteiger partial charge in [-0.3, -0.25) is 4.98 Å². The third kappa shape index (κ3) is 2.00. The molecule has 88 valence electrons. The first-order valence-corrected chi connectivity index (χ1v) is 6.78. The van der Waals surface area contributed by atoms with Crippen molar-refractivity contribution in [1.82, 2.24) is 4.98 Å². The highest BCUT2D eigenvalue weighted by molar-refractivity contribution is 5.43. The summed E-state index contributed by atoms with van der Waals surface area (Å²) in [4.78, 5) is 4.85. The molecule has 1 aromatic rings. The fourth-order valence-corrected chi connectivity index (χ4v) is 2.98. The zero-order chi connectivity index (χ0) is 11.5. The third-order valence-electron chi connectivity index (χ3n) is 3.66. The predicted octanol–water partition coefficient (Wildman–Crippen LogP) is 3.78. The number of hydrogen-bond donors (Lipinski definition) is 0. The van der Waals surface area contributed by atoms with Gasteiger partial charge in [0.25, 0.3) is 0 Å². The molecule has 1 aliphatic rings. The Labute approximate surface area is 99.3 Å². The Hall–Kier alpha value is -0.850. The fraction of sp³-hybridized carbons (Fsp3) is 0.667. The molecular formula is C15H23N. The van der Waals surface area contributed by atoms with Crippen molar-refractivity contribution in [3.63, 3.8) is 0 Å². The van der Waals surface area contributed by atoms with E-state index in [2.05, 4.69) is 20.8 Å². The van der Waals surface area contributed by atoms with Crippen LogP contribution < -0.4 is 0 Å². The van der Waals surface area contributed by atoms with E-state index in [1.165, 1.54) is 49.9 Å². The Morgan fingerprint density at radius 1 is 1.00 bits per heavy atom. The first-order valence-electron chi connectivity index (χ1n) is 6.78. The summed E-state index contributed by atoms with van der Waals surface area (Å²) in [6.07, 6.45) is 8.74. The van der Waals surface area contributed by atoms with Crippen LogP contribution in [0.3, 0.4) is 0 Å². The molecule has 16 heavy (non-hydrogen) atoms. The summed E-state index contributed by atoms with van der Waals surface area (Å²) < 4.78 is 0. The van der Waals surface area contributed by atoms with E-state index in [9.17, 15) is 0 Å². The van der Waals surface area contributed by atoms with Gasteiger partial charge in [-0.25, -0.2) is 0 Å². The molecule has 0 saturated carbocycles. The highest BCUT2D eigenvalue weighted by Gasteiger charge is 2.20. The molecule has 0 fully saturated rings. The average molecular weight is 217 g/mol.